The normalized spacial score (nSPS) is 15.3. The van der Waals surface area contributed by atoms with Gasteiger partial charge >= 0.3 is 0 Å². The summed E-state index contributed by atoms with van der Waals surface area (Å²) in [6, 6.07) is 20.7. The predicted octanol–water partition coefficient (Wildman–Crippen LogP) is 4.37. The average Bonchev–Trinajstić information content (AvgIpc) is 2.89. The van der Waals surface area contributed by atoms with Gasteiger partial charge < -0.3 is 19.7 Å². The molecular formula is C28H31N3O4. The minimum absolute atomic E-state index is 0.0343. The number of rotatable bonds is 9. The molecule has 182 valence electrons. The van der Waals surface area contributed by atoms with E-state index >= 15 is 0 Å². The molecule has 0 aliphatic carbocycles. The van der Waals surface area contributed by atoms with E-state index in [1.165, 1.54) is 0 Å². The van der Waals surface area contributed by atoms with Crippen molar-refractivity contribution in [1.82, 2.24) is 15.2 Å². The topological polar surface area (TPSA) is 80.8 Å². The molecule has 0 radical (unpaired) electrons. The molecule has 1 fully saturated rings. The van der Waals surface area contributed by atoms with E-state index in [0.717, 1.165) is 29.7 Å². The molecule has 2 amide bonds. The molecule has 1 unspecified atom stereocenters. The van der Waals surface area contributed by atoms with Crippen LogP contribution in [0.1, 0.15) is 30.9 Å². The number of carbonyl (C=O) groups is 2. The minimum Gasteiger partial charge on any atom is -0.494 e. The lowest BCUT2D eigenvalue weighted by Gasteiger charge is -2.32. The maximum atomic E-state index is 12.9. The number of aromatic nitrogens is 1. The van der Waals surface area contributed by atoms with Crippen molar-refractivity contribution in [2.75, 3.05) is 19.7 Å². The second-order valence-corrected chi connectivity index (χ2v) is 8.57. The van der Waals surface area contributed by atoms with Gasteiger partial charge in [0.15, 0.2) is 0 Å². The summed E-state index contributed by atoms with van der Waals surface area (Å²) in [4.78, 5) is 31.7. The molecular weight excluding hydrogens is 442 g/mol. The smallest absolute Gasteiger partial charge is 0.227 e. The van der Waals surface area contributed by atoms with Gasteiger partial charge in [0.25, 0.3) is 0 Å². The molecule has 1 aromatic heterocycles. The Balaban J connectivity index is 1.28. The Hall–Kier alpha value is -3.87. The van der Waals surface area contributed by atoms with Crippen LogP contribution in [-0.2, 0) is 22.6 Å². The molecule has 1 saturated heterocycles. The van der Waals surface area contributed by atoms with Gasteiger partial charge in [-0.2, -0.15) is 0 Å². The number of nitrogens with one attached hydrogen (secondary N) is 1. The summed E-state index contributed by atoms with van der Waals surface area (Å²) in [7, 11) is 0. The van der Waals surface area contributed by atoms with Crippen LogP contribution in [0.4, 0.5) is 0 Å². The van der Waals surface area contributed by atoms with Crippen molar-refractivity contribution >= 4 is 11.8 Å². The molecule has 1 N–H and O–H groups in total. The largest absolute Gasteiger partial charge is 0.494 e. The van der Waals surface area contributed by atoms with Crippen LogP contribution in [0.25, 0.3) is 0 Å². The Morgan fingerprint density at radius 3 is 2.57 bits per heavy atom. The SMILES string of the molecule is CCOc1ccc(Oc2cc(CNC(=O)C3CCCN(C(=O)Cc4ccccc4)C3)ccn2)cc1. The van der Waals surface area contributed by atoms with E-state index in [4.69, 9.17) is 9.47 Å². The highest BCUT2D eigenvalue weighted by Gasteiger charge is 2.28. The van der Waals surface area contributed by atoms with Crippen molar-refractivity contribution in [2.45, 2.75) is 32.7 Å². The fourth-order valence-electron chi connectivity index (χ4n) is 4.14. The molecule has 35 heavy (non-hydrogen) atoms. The lowest BCUT2D eigenvalue weighted by Crippen LogP contribution is -2.45. The monoisotopic (exact) mass is 473 g/mol. The first kappa shape index (κ1) is 24.3. The van der Waals surface area contributed by atoms with Crippen LogP contribution in [0, 0.1) is 5.92 Å². The molecule has 0 saturated carbocycles. The van der Waals surface area contributed by atoms with Crippen molar-refractivity contribution in [2.24, 2.45) is 5.92 Å². The summed E-state index contributed by atoms with van der Waals surface area (Å²) in [6.45, 7) is 4.08. The van der Waals surface area contributed by atoms with Gasteiger partial charge in [0.2, 0.25) is 17.7 Å². The lowest BCUT2D eigenvalue weighted by molar-refractivity contribution is -0.135. The fraction of sp³-hybridized carbons (Fsp3) is 0.321. The summed E-state index contributed by atoms with van der Waals surface area (Å²) >= 11 is 0. The van der Waals surface area contributed by atoms with Crippen LogP contribution < -0.4 is 14.8 Å². The first-order valence-electron chi connectivity index (χ1n) is 12.1. The van der Waals surface area contributed by atoms with Crippen LogP contribution in [0.15, 0.2) is 72.9 Å². The Morgan fingerprint density at radius 2 is 1.80 bits per heavy atom. The number of likely N-dealkylation sites (tertiary alicyclic amines) is 1. The van der Waals surface area contributed by atoms with Crippen molar-refractivity contribution in [3.05, 3.63) is 84.1 Å². The molecule has 7 nitrogen and oxygen atoms in total. The highest BCUT2D eigenvalue weighted by atomic mass is 16.5. The van der Waals surface area contributed by atoms with E-state index in [-0.39, 0.29) is 17.7 Å². The van der Waals surface area contributed by atoms with Crippen molar-refractivity contribution in [3.8, 4) is 17.4 Å². The number of hydrogen-bond acceptors (Lipinski definition) is 5. The average molecular weight is 474 g/mol. The maximum Gasteiger partial charge on any atom is 0.227 e. The van der Waals surface area contributed by atoms with E-state index in [2.05, 4.69) is 10.3 Å². The van der Waals surface area contributed by atoms with Crippen LogP contribution in [0.2, 0.25) is 0 Å². The molecule has 0 spiro atoms. The first-order chi connectivity index (χ1) is 17.1. The number of pyridine rings is 1. The number of carbonyl (C=O) groups excluding carboxylic acids is 2. The highest BCUT2D eigenvalue weighted by Crippen LogP contribution is 2.23. The second kappa shape index (κ2) is 12.0. The first-order valence-corrected chi connectivity index (χ1v) is 12.1. The number of benzene rings is 2. The van der Waals surface area contributed by atoms with Crippen molar-refractivity contribution < 1.29 is 19.1 Å². The van der Waals surface area contributed by atoms with Crippen LogP contribution in [0.5, 0.6) is 17.4 Å². The predicted molar refractivity (Wildman–Crippen MR) is 133 cm³/mol. The molecule has 1 aliphatic heterocycles. The number of amides is 2. The quantitative estimate of drug-likeness (QED) is 0.499. The summed E-state index contributed by atoms with van der Waals surface area (Å²) in [5, 5.41) is 3.01. The fourth-order valence-corrected chi connectivity index (χ4v) is 4.14. The molecule has 3 aromatic rings. The van der Waals surface area contributed by atoms with E-state index in [1.807, 2.05) is 78.6 Å². The van der Waals surface area contributed by atoms with E-state index < -0.39 is 0 Å². The van der Waals surface area contributed by atoms with Gasteiger partial charge in [0.05, 0.1) is 18.9 Å². The van der Waals surface area contributed by atoms with Gasteiger partial charge in [-0.1, -0.05) is 30.3 Å². The molecule has 1 atom stereocenters. The molecule has 7 heteroatoms. The number of nitrogens with zero attached hydrogens (tertiary/aromatic N) is 2. The zero-order valence-corrected chi connectivity index (χ0v) is 20.0. The van der Waals surface area contributed by atoms with Gasteiger partial charge in [-0.05, 0) is 61.2 Å². The molecule has 2 aromatic carbocycles. The van der Waals surface area contributed by atoms with Gasteiger partial charge in [-0.3, -0.25) is 9.59 Å². The van der Waals surface area contributed by atoms with Gasteiger partial charge in [-0.25, -0.2) is 4.98 Å². The second-order valence-electron chi connectivity index (χ2n) is 8.57. The van der Waals surface area contributed by atoms with E-state index in [0.29, 0.717) is 44.3 Å². The third-order valence-electron chi connectivity index (χ3n) is 5.97. The van der Waals surface area contributed by atoms with Crippen LogP contribution >= 0.6 is 0 Å². The molecule has 1 aliphatic rings. The van der Waals surface area contributed by atoms with Crippen molar-refractivity contribution in [1.29, 1.82) is 0 Å². The molecule has 4 rings (SSSR count). The number of hydrogen-bond donors (Lipinski definition) is 1. The van der Waals surface area contributed by atoms with E-state index in [9.17, 15) is 9.59 Å². The van der Waals surface area contributed by atoms with Crippen molar-refractivity contribution in [3.63, 3.8) is 0 Å². The standard InChI is InChI=1S/C28H31N3O4/c1-2-34-24-10-12-25(13-11-24)35-26-17-22(14-15-29-26)19-30-28(33)23-9-6-16-31(20-23)27(32)18-21-7-4-3-5-8-21/h3-5,7-8,10-15,17,23H,2,6,9,16,18-20H2,1H3,(H,30,33). The summed E-state index contributed by atoms with van der Waals surface area (Å²) < 4.78 is 11.3. The van der Waals surface area contributed by atoms with E-state index in [1.54, 1.807) is 6.20 Å². The zero-order chi connectivity index (χ0) is 24.5. The van der Waals surface area contributed by atoms with Gasteiger partial charge in [0, 0.05) is 31.9 Å². The van der Waals surface area contributed by atoms with Crippen LogP contribution in [-0.4, -0.2) is 41.4 Å². The minimum atomic E-state index is -0.204. The Kier molecular flexibility index (Phi) is 8.33. The molecule has 2 heterocycles. The zero-order valence-electron chi connectivity index (χ0n) is 20.0. The Morgan fingerprint density at radius 1 is 1.03 bits per heavy atom. The van der Waals surface area contributed by atoms with Crippen LogP contribution in [0.3, 0.4) is 0 Å². The third-order valence-corrected chi connectivity index (χ3v) is 5.97. The number of piperidine rings is 1. The Labute approximate surface area is 206 Å². The summed E-state index contributed by atoms with van der Waals surface area (Å²) in [6.07, 6.45) is 3.64. The molecule has 0 bridgehead atoms. The highest BCUT2D eigenvalue weighted by molar-refractivity contribution is 5.82. The maximum absolute atomic E-state index is 12.9. The number of ether oxygens (including phenoxy) is 2. The summed E-state index contributed by atoms with van der Waals surface area (Å²) in [5.74, 6) is 1.73. The summed E-state index contributed by atoms with van der Waals surface area (Å²) in [5.41, 5.74) is 1.88. The third kappa shape index (κ3) is 7.06. The lowest BCUT2D eigenvalue weighted by atomic mass is 9.96. The van der Waals surface area contributed by atoms with Gasteiger partial charge in [-0.15, -0.1) is 0 Å². The Bertz CT molecular complexity index is 1120. The van der Waals surface area contributed by atoms with Gasteiger partial charge in [0.1, 0.15) is 11.5 Å².